The fraction of sp³-hybridized carbons (Fsp3) is 0.514. The Morgan fingerprint density at radius 2 is 1.31 bits per heavy atom. The Morgan fingerprint density at radius 3 is 1.90 bits per heavy atom. The minimum Gasteiger partial charge on any atom is -0.351 e. The highest BCUT2D eigenvalue weighted by Crippen LogP contribution is 2.45. The summed E-state index contributed by atoms with van der Waals surface area (Å²) >= 11 is 0. The van der Waals surface area contributed by atoms with Crippen molar-refractivity contribution in [3.05, 3.63) is 83.4 Å². The molecule has 1 amide bonds. The van der Waals surface area contributed by atoms with Crippen LogP contribution in [0.4, 0.5) is 0 Å². The summed E-state index contributed by atoms with van der Waals surface area (Å²) in [4.78, 5) is 40.5. The van der Waals surface area contributed by atoms with Crippen LogP contribution in [0.25, 0.3) is 12.2 Å². The highest BCUT2D eigenvalue weighted by Gasteiger charge is 2.34. The Morgan fingerprint density at radius 1 is 0.762 bits per heavy atom. The number of carbonyl (C=O) groups excluding carboxylic acids is 1. The number of nitrogens with one attached hydrogen (secondary N) is 1. The van der Waals surface area contributed by atoms with Crippen molar-refractivity contribution < 1.29 is 24.0 Å². The molecule has 0 aliphatic heterocycles. The summed E-state index contributed by atoms with van der Waals surface area (Å²) in [6.07, 6.45) is 25.3. The second-order valence-electron chi connectivity index (χ2n) is 11.1. The van der Waals surface area contributed by atoms with Gasteiger partial charge in [0.1, 0.15) is 6.61 Å². The van der Waals surface area contributed by atoms with Crippen molar-refractivity contribution in [3.8, 4) is 0 Å². The van der Waals surface area contributed by atoms with Crippen molar-refractivity contribution in [3.63, 3.8) is 0 Å². The monoisotopic (exact) mass is 598 g/mol. The Labute approximate surface area is 254 Å². The van der Waals surface area contributed by atoms with Gasteiger partial charge in [0, 0.05) is 6.42 Å². The largest absolute Gasteiger partial charge is 0.567 e. The van der Waals surface area contributed by atoms with E-state index in [9.17, 15) is 19.5 Å². The van der Waals surface area contributed by atoms with Gasteiger partial charge in [0.25, 0.3) is 0 Å². The van der Waals surface area contributed by atoms with Crippen molar-refractivity contribution in [2.75, 3.05) is 6.61 Å². The molecule has 0 unspecified atom stereocenters. The van der Waals surface area contributed by atoms with Crippen LogP contribution < -0.4 is 5.32 Å². The van der Waals surface area contributed by atoms with Crippen LogP contribution in [0, 0.1) is 0 Å². The number of rotatable bonds is 23. The first-order valence-electron chi connectivity index (χ1n) is 15.8. The maximum Gasteiger partial charge on any atom is 0.567 e. The van der Waals surface area contributed by atoms with E-state index in [1.165, 1.54) is 57.8 Å². The molecule has 7 heteroatoms. The smallest absolute Gasteiger partial charge is 0.351 e. The zero-order valence-corrected chi connectivity index (χ0v) is 26.4. The molecule has 232 valence electrons. The summed E-state index contributed by atoms with van der Waals surface area (Å²) in [5.74, 6) is -0.0959. The molecular formula is C35H53NO5P+. The number of unbranched alkanes of at least 4 members (excludes halogenated alkanes) is 11. The lowest BCUT2D eigenvalue weighted by atomic mass is 10.0. The molecule has 0 aliphatic rings. The zero-order valence-electron chi connectivity index (χ0n) is 25.5. The Kier molecular flexibility index (Phi) is 19.0. The molecule has 6 nitrogen and oxygen atoms in total. The van der Waals surface area contributed by atoms with Gasteiger partial charge in [-0.1, -0.05) is 137 Å². The van der Waals surface area contributed by atoms with Crippen molar-refractivity contribution >= 4 is 26.2 Å². The van der Waals surface area contributed by atoms with Crippen LogP contribution in [-0.4, -0.2) is 33.2 Å². The summed E-state index contributed by atoms with van der Waals surface area (Å²) in [5.41, 5.74) is 3.14. The summed E-state index contributed by atoms with van der Waals surface area (Å²) in [7, 11) is -4.38. The molecule has 0 heterocycles. The van der Waals surface area contributed by atoms with Crippen molar-refractivity contribution in [2.45, 2.75) is 109 Å². The van der Waals surface area contributed by atoms with Gasteiger partial charge in [0.2, 0.25) is 5.91 Å². The van der Waals surface area contributed by atoms with Gasteiger partial charge >= 0.3 is 8.17 Å². The van der Waals surface area contributed by atoms with Crippen molar-refractivity contribution in [1.82, 2.24) is 5.32 Å². The van der Waals surface area contributed by atoms with Gasteiger partial charge < -0.3 is 5.32 Å². The van der Waals surface area contributed by atoms with Crippen LogP contribution in [0.3, 0.4) is 0 Å². The predicted molar refractivity (Wildman–Crippen MR) is 176 cm³/mol. The van der Waals surface area contributed by atoms with Crippen LogP contribution in [-0.2, 0) is 15.7 Å². The average Bonchev–Trinajstić information content (AvgIpc) is 2.97. The van der Waals surface area contributed by atoms with E-state index in [1.54, 1.807) is 0 Å². The summed E-state index contributed by atoms with van der Waals surface area (Å²) in [6, 6.07) is 17.5. The Hall–Kier alpha value is -2.34. The van der Waals surface area contributed by atoms with E-state index in [4.69, 9.17) is 4.52 Å². The fourth-order valence-electron chi connectivity index (χ4n) is 4.80. The molecule has 0 saturated carbocycles. The molecule has 0 aromatic heterocycles. The minimum atomic E-state index is -4.38. The molecule has 0 radical (unpaired) electrons. The summed E-state index contributed by atoms with van der Waals surface area (Å²) in [5, 5.41) is 2.95. The first-order chi connectivity index (χ1) is 20.4. The number of benzene rings is 2. The van der Waals surface area contributed by atoms with E-state index in [2.05, 4.69) is 24.4 Å². The zero-order chi connectivity index (χ0) is 30.3. The van der Waals surface area contributed by atoms with Crippen LogP contribution in [0.15, 0.2) is 66.7 Å². The normalized spacial score (nSPS) is 12.8. The lowest BCUT2D eigenvalue weighted by Crippen LogP contribution is -2.39. The lowest BCUT2D eigenvalue weighted by molar-refractivity contribution is -0.122. The summed E-state index contributed by atoms with van der Waals surface area (Å²) < 4.78 is 4.85. The van der Waals surface area contributed by atoms with Gasteiger partial charge in [-0.2, -0.15) is 19.2 Å². The third-order valence-electron chi connectivity index (χ3n) is 7.21. The number of hydrogen-bond acceptors (Lipinski definition) is 5. The fourth-order valence-corrected chi connectivity index (χ4v) is 5.18. The van der Waals surface area contributed by atoms with E-state index in [0.29, 0.717) is 12.8 Å². The van der Waals surface area contributed by atoms with Crippen LogP contribution in [0.5, 0.6) is 0 Å². The quantitative estimate of drug-likeness (QED) is 0.0444. The van der Waals surface area contributed by atoms with E-state index >= 15 is 0 Å². The molecule has 2 rings (SSSR count). The maximum atomic E-state index is 12.6. The van der Waals surface area contributed by atoms with Gasteiger partial charge in [-0.3, -0.25) is 4.79 Å². The van der Waals surface area contributed by atoms with Crippen molar-refractivity contribution in [1.29, 1.82) is 0 Å². The molecule has 1 atom stereocenters. The summed E-state index contributed by atoms with van der Waals surface area (Å²) in [6.45, 7) is 2.06. The first kappa shape index (κ1) is 35.9. The SMILES string of the molecule is CCCCCCCC/C=C\CCCCCCCC(=O)N[C@@H](CO[P+](O)(O)O)Cc1ccc(/C=C/c2ccccc2)cc1. The number of hydrogen-bond donors (Lipinski definition) is 4. The third kappa shape index (κ3) is 19.0. The van der Waals surface area contributed by atoms with Gasteiger partial charge in [-0.25, -0.2) is 0 Å². The Balaban J connectivity index is 1.65. The van der Waals surface area contributed by atoms with E-state index in [-0.39, 0.29) is 12.5 Å². The van der Waals surface area contributed by atoms with E-state index in [0.717, 1.165) is 42.4 Å². The average molecular weight is 599 g/mol. The standard InChI is InChI=1S/C35H52NO5P/c1-2-3-4-5-6-7-8-9-10-11-12-13-14-15-19-22-35(37)36-34(30-41-42(38,39)40)29-33-27-25-32(26-28-33)24-23-31-20-17-16-18-21-31/h9-10,16-18,20-21,23-28,34,38-40H,2-8,11-15,19,22,29-30H2,1H3/p+1/b10-9-,24-23+/t34-/m1/s1. The molecule has 0 spiro atoms. The molecule has 0 aliphatic carbocycles. The van der Waals surface area contributed by atoms with Crippen LogP contribution in [0.2, 0.25) is 0 Å². The number of allylic oxidation sites excluding steroid dienone is 2. The van der Waals surface area contributed by atoms with E-state index in [1.807, 2.05) is 66.7 Å². The second-order valence-corrected chi connectivity index (χ2v) is 12.4. The van der Waals surface area contributed by atoms with Gasteiger partial charge in [-0.15, -0.1) is 0 Å². The molecule has 42 heavy (non-hydrogen) atoms. The van der Waals surface area contributed by atoms with Crippen LogP contribution >= 0.6 is 8.17 Å². The Bertz CT molecular complexity index is 1020. The predicted octanol–water partition coefficient (Wildman–Crippen LogP) is 8.59. The van der Waals surface area contributed by atoms with Gasteiger partial charge in [0.05, 0.1) is 6.04 Å². The number of amides is 1. The molecular weight excluding hydrogens is 545 g/mol. The molecule has 2 aromatic carbocycles. The minimum absolute atomic E-state index is 0.0959. The highest BCUT2D eigenvalue weighted by molar-refractivity contribution is 7.53. The number of carbonyl (C=O) groups is 1. The molecule has 0 fully saturated rings. The molecule has 0 saturated heterocycles. The highest BCUT2D eigenvalue weighted by atomic mass is 31.2. The second kappa shape index (κ2) is 22.2. The molecule has 2 aromatic rings. The van der Waals surface area contributed by atoms with E-state index < -0.39 is 14.2 Å². The maximum absolute atomic E-state index is 12.6. The topological polar surface area (TPSA) is 99.0 Å². The molecule has 4 N–H and O–H groups in total. The lowest BCUT2D eigenvalue weighted by Gasteiger charge is -2.18. The van der Waals surface area contributed by atoms with Gasteiger partial charge in [0.15, 0.2) is 0 Å². The first-order valence-corrected chi connectivity index (χ1v) is 17.4. The van der Waals surface area contributed by atoms with Crippen LogP contribution in [0.1, 0.15) is 114 Å². The molecule has 0 bridgehead atoms. The van der Waals surface area contributed by atoms with Gasteiger partial charge in [-0.05, 0) is 55.2 Å². The third-order valence-corrected chi connectivity index (χ3v) is 7.70. The van der Waals surface area contributed by atoms with Crippen molar-refractivity contribution in [2.24, 2.45) is 0 Å².